The van der Waals surface area contributed by atoms with Crippen molar-refractivity contribution >= 4 is 38.8 Å². The third kappa shape index (κ3) is 5.19. The van der Waals surface area contributed by atoms with Crippen molar-refractivity contribution in [3.8, 4) is 55.9 Å². The van der Waals surface area contributed by atoms with E-state index in [4.69, 9.17) is 0 Å². The van der Waals surface area contributed by atoms with Gasteiger partial charge in [0.05, 0.1) is 16.6 Å². The lowest BCUT2D eigenvalue weighted by Crippen LogP contribution is -2.15. The second kappa shape index (κ2) is 12.9. The molecule has 0 unspecified atom stereocenters. The summed E-state index contributed by atoms with van der Waals surface area (Å²) in [6, 6.07) is 67.5. The molecule has 0 fully saturated rings. The number of nitrogens with zero attached hydrogens (tertiary/aromatic N) is 2. The van der Waals surface area contributed by atoms with E-state index in [1.165, 1.54) is 105 Å². The molecule has 2 aliphatic rings. The summed E-state index contributed by atoms with van der Waals surface area (Å²) in [6.45, 7) is 4.77. The third-order valence-electron chi connectivity index (χ3n) is 13.1. The second-order valence-electron chi connectivity index (χ2n) is 16.9. The van der Waals surface area contributed by atoms with Crippen molar-refractivity contribution in [1.82, 2.24) is 9.13 Å². The van der Waals surface area contributed by atoms with Crippen LogP contribution in [0.2, 0.25) is 0 Å². The van der Waals surface area contributed by atoms with Crippen LogP contribution in [0.25, 0.3) is 94.7 Å². The molecule has 0 bridgehead atoms. The van der Waals surface area contributed by atoms with Gasteiger partial charge in [0, 0.05) is 44.2 Å². The minimum atomic E-state index is -0.0660. The number of para-hydroxylation sites is 1. The third-order valence-corrected chi connectivity index (χ3v) is 13.1. The lowest BCUT2D eigenvalue weighted by molar-refractivity contribution is 0.661. The molecule has 2 heterocycles. The maximum atomic E-state index is 2.57. The number of fused-ring (bicyclic) bond motifs is 9. The largest absolute Gasteiger partial charge is 0.313 e. The van der Waals surface area contributed by atoms with E-state index in [2.05, 4.69) is 217 Å². The molecule has 0 saturated carbocycles. The standard InChI is InChI=1S/C57H42N2/c1-57(2)51-25-12-9-22-45(51)48-35-50-47-24-11-14-27-54(47)59(56(50)36-52(48)57)44-28-29-55-49(34-44)46-23-10-13-26-53(46)58(55)43-21-15-20-39(33-43)42-31-40(37-16-5-3-6-17-37)30-41(32-42)38-18-7-4-8-19-38/h3-13,15-26,28-36H,14,27H2,1-2H3. The van der Waals surface area contributed by atoms with Gasteiger partial charge in [-0.1, -0.05) is 141 Å². The maximum absolute atomic E-state index is 2.57. The predicted octanol–water partition coefficient (Wildman–Crippen LogP) is 15.0. The van der Waals surface area contributed by atoms with Crippen molar-refractivity contribution < 1.29 is 0 Å². The first-order valence-electron chi connectivity index (χ1n) is 20.9. The highest BCUT2D eigenvalue weighted by Crippen LogP contribution is 2.51. The molecule has 0 aliphatic heterocycles. The highest BCUT2D eigenvalue weighted by Gasteiger charge is 2.36. The van der Waals surface area contributed by atoms with Crippen LogP contribution in [0, 0.1) is 0 Å². The zero-order valence-electron chi connectivity index (χ0n) is 33.3. The average molecular weight is 755 g/mol. The van der Waals surface area contributed by atoms with Gasteiger partial charge in [-0.25, -0.2) is 0 Å². The number of aromatic nitrogens is 2. The molecule has 0 atom stereocenters. The number of hydrogen-bond donors (Lipinski definition) is 0. The molecule has 2 aromatic heterocycles. The summed E-state index contributed by atoms with van der Waals surface area (Å²) in [5, 5.41) is 3.86. The van der Waals surface area contributed by atoms with E-state index < -0.39 is 0 Å². The molecule has 0 N–H and O–H groups in total. The van der Waals surface area contributed by atoms with Gasteiger partial charge in [0.1, 0.15) is 0 Å². The quantitative estimate of drug-likeness (QED) is 0.166. The normalized spacial score (nSPS) is 13.9. The van der Waals surface area contributed by atoms with E-state index >= 15 is 0 Å². The highest BCUT2D eigenvalue weighted by atomic mass is 15.0. The van der Waals surface area contributed by atoms with Crippen LogP contribution in [-0.4, -0.2) is 9.13 Å². The monoisotopic (exact) mass is 754 g/mol. The molecule has 0 saturated heterocycles. The molecule has 2 aliphatic carbocycles. The first-order chi connectivity index (χ1) is 29.0. The molecule has 0 amide bonds. The molecule has 10 aromatic rings. The molecule has 8 aromatic carbocycles. The summed E-state index contributed by atoms with van der Waals surface area (Å²) in [5.41, 5.74) is 21.6. The average Bonchev–Trinajstić information content (AvgIpc) is 3.88. The Kier molecular flexibility index (Phi) is 7.43. The van der Waals surface area contributed by atoms with Gasteiger partial charge in [-0.15, -0.1) is 0 Å². The lowest BCUT2D eigenvalue weighted by Gasteiger charge is -2.22. The number of rotatable bonds is 5. The Morgan fingerprint density at radius 3 is 1.83 bits per heavy atom. The Hall–Kier alpha value is -7.16. The SMILES string of the molecule is CC1(C)c2ccccc2-c2cc3c4c(n(-c5ccc6c(c5)c5ccccc5n6-c5cccc(-c6cc(-c7ccccc7)cc(-c7ccccc7)c6)c5)c3cc21)CCC=C4. The summed E-state index contributed by atoms with van der Waals surface area (Å²) in [7, 11) is 0. The molecular weight excluding hydrogens is 713 g/mol. The van der Waals surface area contributed by atoms with Crippen LogP contribution >= 0.6 is 0 Å². The Bertz CT molecular complexity index is 3280. The number of allylic oxidation sites excluding steroid dienone is 1. The minimum absolute atomic E-state index is 0.0660. The van der Waals surface area contributed by atoms with Crippen LogP contribution in [0.3, 0.4) is 0 Å². The van der Waals surface area contributed by atoms with Gasteiger partial charge in [0.2, 0.25) is 0 Å². The fourth-order valence-electron chi connectivity index (χ4n) is 10.3. The minimum Gasteiger partial charge on any atom is -0.313 e. The fourth-order valence-corrected chi connectivity index (χ4v) is 10.3. The van der Waals surface area contributed by atoms with Crippen molar-refractivity contribution in [2.75, 3.05) is 0 Å². The summed E-state index contributed by atoms with van der Waals surface area (Å²) in [6.07, 6.45) is 6.79. The van der Waals surface area contributed by atoms with E-state index in [9.17, 15) is 0 Å². The van der Waals surface area contributed by atoms with Gasteiger partial charge in [-0.05, 0) is 135 Å². The van der Waals surface area contributed by atoms with E-state index in [1.807, 2.05) is 0 Å². The lowest BCUT2D eigenvalue weighted by atomic mass is 9.82. The van der Waals surface area contributed by atoms with Crippen molar-refractivity contribution in [3.63, 3.8) is 0 Å². The fraction of sp³-hybridized carbons (Fsp3) is 0.0877. The summed E-state index contributed by atoms with van der Waals surface area (Å²) >= 11 is 0. The molecular formula is C57H42N2. The van der Waals surface area contributed by atoms with Gasteiger partial charge in [0.25, 0.3) is 0 Å². The number of benzene rings is 8. The van der Waals surface area contributed by atoms with E-state index in [0.29, 0.717) is 0 Å². The summed E-state index contributed by atoms with van der Waals surface area (Å²) < 4.78 is 5.03. The summed E-state index contributed by atoms with van der Waals surface area (Å²) in [4.78, 5) is 0. The van der Waals surface area contributed by atoms with Crippen molar-refractivity contribution in [1.29, 1.82) is 0 Å². The van der Waals surface area contributed by atoms with Crippen molar-refractivity contribution in [2.24, 2.45) is 0 Å². The summed E-state index contributed by atoms with van der Waals surface area (Å²) in [5.74, 6) is 0. The van der Waals surface area contributed by atoms with Crippen molar-refractivity contribution in [3.05, 3.63) is 210 Å². The zero-order chi connectivity index (χ0) is 39.2. The molecule has 2 heteroatoms. The highest BCUT2D eigenvalue weighted by molar-refractivity contribution is 6.10. The Labute approximate surface area is 345 Å². The molecule has 280 valence electrons. The topological polar surface area (TPSA) is 9.86 Å². The van der Waals surface area contributed by atoms with Gasteiger partial charge in [-0.3, -0.25) is 0 Å². The van der Waals surface area contributed by atoms with E-state index in [1.54, 1.807) is 0 Å². The van der Waals surface area contributed by atoms with Crippen LogP contribution in [0.4, 0.5) is 0 Å². The predicted molar refractivity (Wildman–Crippen MR) is 249 cm³/mol. The number of hydrogen-bond acceptors (Lipinski definition) is 0. The smallest absolute Gasteiger partial charge is 0.0542 e. The van der Waals surface area contributed by atoms with Crippen LogP contribution in [-0.2, 0) is 11.8 Å². The van der Waals surface area contributed by atoms with Crippen LogP contribution in [0.15, 0.2) is 188 Å². The molecule has 0 spiro atoms. The Morgan fingerprint density at radius 1 is 0.407 bits per heavy atom. The Balaban J connectivity index is 1.03. The van der Waals surface area contributed by atoms with Gasteiger partial charge >= 0.3 is 0 Å². The Morgan fingerprint density at radius 2 is 1.05 bits per heavy atom. The molecule has 2 nitrogen and oxygen atoms in total. The first kappa shape index (κ1) is 33.9. The van der Waals surface area contributed by atoms with Crippen LogP contribution in [0.5, 0.6) is 0 Å². The van der Waals surface area contributed by atoms with Gasteiger partial charge < -0.3 is 9.13 Å². The first-order valence-corrected chi connectivity index (χ1v) is 20.9. The van der Waals surface area contributed by atoms with Gasteiger partial charge in [0.15, 0.2) is 0 Å². The van der Waals surface area contributed by atoms with Gasteiger partial charge in [-0.2, -0.15) is 0 Å². The molecule has 12 rings (SSSR count). The van der Waals surface area contributed by atoms with Crippen molar-refractivity contribution in [2.45, 2.75) is 32.1 Å². The maximum Gasteiger partial charge on any atom is 0.0542 e. The van der Waals surface area contributed by atoms with E-state index in [0.717, 1.165) is 18.5 Å². The zero-order valence-corrected chi connectivity index (χ0v) is 33.3. The molecule has 59 heavy (non-hydrogen) atoms. The van der Waals surface area contributed by atoms with E-state index in [-0.39, 0.29) is 5.41 Å². The van der Waals surface area contributed by atoms with Crippen LogP contribution in [0.1, 0.15) is 42.7 Å². The second-order valence-corrected chi connectivity index (χ2v) is 16.9. The van der Waals surface area contributed by atoms with Crippen LogP contribution < -0.4 is 0 Å². The molecule has 0 radical (unpaired) electrons.